The number of thiocarbonyl (C=S) groups is 1. The highest BCUT2D eigenvalue weighted by atomic mass is 35.5. The van der Waals surface area contributed by atoms with Crippen LogP contribution in [0.2, 0.25) is 5.02 Å². The van der Waals surface area contributed by atoms with E-state index in [1.54, 1.807) is 12.1 Å². The lowest BCUT2D eigenvalue weighted by atomic mass is 10.2. The van der Waals surface area contributed by atoms with E-state index in [9.17, 15) is 4.39 Å². The number of thioether (sulfide) groups is 1. The molecule has 1 aromatic carbocycles. The minimum Gasteiger partial charge on any atom is -0.479 e. The molecule has 0 fully saturated rings. The van der Waals surface area contributed by atoms with E-state index in [-0.39, 0.29) is 5.82 Å². The van der Waals surface area contributed by atoms with E-state index >= 15 is 0 Å². The molecule has 0 saturated carbocycles. The number of benzene rings is 1. The topological polar surface area (TPSA) is 9.23 Å². The molecule has 0 spiro atoms. The van der Waals surface area contributed by atoms with Crippen LogP contribution >= 0.6 is 35.6 Å². The fourth-order valence-electron chi connectivity index (χ4n) is 0.961. The third-order valence-electron chi connectivity index (χ3n) is 1.66. The van der Waals surface area contributed by atoms with Gasteiger partial charge in [0.15, 0.2) is 0 Å². The standard InChI is InChI=1S/C10H10ClFOS2/c1-2-13-10(14)15-6-7-8(11)4-3-5-9(7)12/h3-5H,2,6H2,1H3. The van der Waals surface area contributed by atoms with Crippen molar-refractivity contribution in [1.82, 2.24) is 0 Å². The molecule has 0 aliphatic rings. The summed E-state index contributed by atoms with van der Waals surface area (Å²) in [7, 11) is 0. The Hall–Kier alpha value is -0.320. The van der Waals surface area contributed by atoms with Crippen molar-refractivity contribution in [1.29, 1.82) is 0 Å². The predicted octanol–water partition coefficient (Wildman–Crippen LogP) is 4.03. The quantitative estimate of drug-likeness (QED) is 0.763. The summed E-state index contributed by atoms with van der Waals surface area (Å²) in [5.41, 5.74) is 0.464. The average Bonchev–Trinajstić information content (AvgIpc) is 2.17. The first-order chi connectivity index (χ1) is 7.15. The molecule has 0 heterocycles. The first-order valence-corrected chi connectivity index (χ1v) is 6.14. The maximum absolute atomic E-state index is 13.3. The summed E-state index contributed by atoms with van der Waals surface area (Å²) in [6.45, 7) is 2.37. The van der Waals surface area contributed by atoms with Crippen molar-refractivity contribution in [2.75, 3.05) is 6.61 Å². The molecule has 0 aliphatic carbocycles. The molecule has 0 bridgehead atoms. The van der Waals surface area contributed by atoms with E-state index in [4.69, 9.17) is 28.6 Å². The summed E-state index contributed by atoms with van der Waals surface area (Å²) in [4.78, 5) is 0. The molecular formula is C10H10ClFOS2. The highest BCUT2D eigenvalue weighted by Crippen LogP contribution is 2.24. The zero-order chi connectivity index (χ0) is 11.3. The van der Waals surface area contributed by atoms with E-state index in [2.05, 4.69) is 0 Å². The first-order valence-electron chi connectivity index (χ1n) is 4.37. The summed E-state index contributed by atoms with van der Waals surface area (Å²) >= 11 is 12.0. The molecule has 1 rings (SSSR count). The number of hydrogen-bond donors (Lipinski definition) is 0. The van der Waals surface area contributed by atoms with Crippen LogP contribution in [0.4, 0.5) is 4.39 Å². The van der Waals surface area contributed by atoms with Crippen molar-refractivity contribution in [2.24, 2.45) is 0 Å². The van der Waals surface area contributed by atoms with E-state index in [0.29, 0.717) is 27.3 Å². The SMILES string of the molecule is CCOC(=S)SCc1c(F)cccc1Cl. The van der Waals surface area contributed by atoms with Gasteiger partial charge in [-0.05, 0) is 31.3 Å². The molecule has 15 heavy (non-hydrogen) atoms. The molecule has 0 amide bonds. The van der Waals surface area contributed by atoms with Crippen molar-refractivity contribution in [3.05, 3.63) is 34.6 Å². The van der Waals surface area contributed by atoms with Gasteiger partial charge in [-0.15, -0.1) is 0 Å². The summed E-state index contributed by atoms with van der Waals surface area (Å²) < 4.78 is 18.8. The molecule has 5 heteroatoms. The second-order valence-corrected chi connectivity index (χ2v) is 4.66. The minimum absolute atomic E-state index is 0.311. The van der Waals surface area contributed by atoms with Gasteiger partial charge >= 0.3 is 0 Å². The molecule has 0 saturated heterocycles. The summed E-state index contributed by atoms with van der Waals surface area (Å²) in [6, 6.07) is 4.61. The van der Waals surface area contributed by atoms with E-state index < -0.39 is 0 Å². The zero-order valence-corrected chi connectivity index (χ0v) is 10.5. The summed E-state index contributed by atoms with van der Waals surface area (Å²) in [6.07, 6.45) is 0. The molecule has 82 valence electrons. The highest BCUT2D eigenvalue weighted by molar-refractivity contribution is 8.22. The van der Waals surface area contributed by atoms with Gasteiger partial charge in [-0.2, -0.15) is 0 Å². The van der Waals surface area contributed by atoms with E-state index in [0.717, 1.165) is 0 Å². The largest absolute Gasteiger partial charge is 0.479 e. The van der Waals surface area contributed by atoms with E-state index in [1.807, 2.05) is 6.92 Å². The second-order valence-electron chi connectivity index (χ2n) is 2.67. The molecule has 0 unspecified atom stereocenters. The van der Waals surface area contributed by atoms with E-state index in [1.165, 1.54) is 17.8 Å². The summed E-state index contributed by atoms with van der Waals surface area (Å²) in [5, 5.41) is 0.418. The zero-order valence-electron chi connectivity index (χ0n) is 8.13. The van der Waals surface area contributed by atoms with Crippen molar-refractivity contribution in [2.45, 2.75) is 12.7 Å². The third kappa shape index (κ3) is 3.97. The Labute approximate surface area is 103 Å². The molecule has 1 nitrogen and oxygen atoms in total. The molecule has 0 aromatic heterocycles. The predicted molar refractivity (Wildman–Crippen MR) is 66.9 cm³/mol. The van der Waals surface area contributed by atoms with Gasteiger partial charge in [0.05, 0.1) is 6.61 Å². The Kier molecular flexibility index (Phi) is 5.36. The number of hydrogen-bond acceptors (Lipinski definition) is 3. The Morgan fingerprint density at radius 1 is 1.60 bits per heavy atom. The molecule has 0 N–H and O–H groups in total. The van der Waals surface area contributed by atoms with Gasteiger partial charge < -0.3 is 4.74 Å². The third-order valence-corrected chi connectivity index (χ3v) is 3.27. The van der Waals surface area contributed by atoms with Crippen LogP contribution in [0.15, 0.2) is 18.2 Å². The average molecular weight is 265 g/mol. The van der Waals surface area contributed by atoms with Crippen LogP contribution in [-0.2, 0) is 10.5 Å². The fourth-order valence-corrected chi connectivity index (χ4v) is 2.32. The lowest BCUT2D eigenvalue weighted by Gasteiger charge is -2.06. The van der Waals surface area contributed by atoms with Gasteiger partial charge in [-0.1, -0.05) is 29.4 Å². The van der Waals surface area contributed by atoms with Crippen LogP contribution in [0.1, 0.15) is 12.5 Å². The van der Waals surface area contributed by atoms with Crippen molar-refractivity contribution >= 4 is 40.0 Å². The lowest BCUT2D eigenvalue weighted by molar-refractivity contribution is 0.346. The molecule has 0 aliphatic heterocycles. The van der Waals surface area contributed by atoms with Gasteiger partial charge in [-0.25, -0.2) is 4.39 Å². The van der Waals surface area contributed by atoms with Crippen LogP contribution < -0.4 is 0 Å². The van der Waals surface area contributed by atoms with Crippen LogP contribution in [0, 0.1) is 5.82 Å². The smallest absolute Gasteiger partial charge is 0.220 e. The molecule has 1 aromatic rings. The van der Waals surface area contributed by atoms with Crippen LogP contribution in [-0.4, -0.2) is 11.0 Å². The highest BCUT2D eigenvalue weighted by Gasteiger charge is 2.08. The molecule has 0 radical (unpaired) electrons. The molecule has 0 atom stereocenters. The number of ether oxygens (including phenoxy) is 1. The maximum atomic E-state index is 13.3. The van der Waals surface area contributed by atoms with Gasteiger partial charge in [-0.3, -0.25) is 0 Å². The number of halogens is 2. The fraction of sp³-hybridized carbons (Fsp3) is 0.300. The second kappa shape index (κ2) is 6.30. The Morgan fingerprint density at radius 3 is 2.93 bits per heavy atom. The van der Waals surface area contributed by atoms with Crippen molar-refractivity contribution in [3.63, 3.8) is 0 Å². The first kappa shape index (κ1) is 12.7. The summed E-state index contributed by atoms with van der Waals surface area (Å²) in [5.74, 6) is 0.0824. The minimum atomic E-state index is -0.311. The van der Waals surface area contributed by atoms with Crippen molar-refractivity contribution < 1.29 is 9.13 Å². The van der Waals surface area contributed by atoms with Gasteiger partial charge in [0.25, 0.3) is 0 Å². The lowest BCUT2D eigenvalue weighted by Crippen LogP contribution is -1.98. The van der Waals surface area contributed by atoms with Crippen LogP contribution in [0.3, 0.4) is 0 Å². The van der Waals surface area contributed by atoms with Crippen LogP contribution in [0.5, 0.6) is 0 Å². The number of rotatable bonds is 3. The van der Waals surface area contributed by atoms with Crippen molar-refractivity contribution in [3.8, 4) is 0 Å². The Bertz CT molecular complexity index is 337. The maximum Gasteiger partial charge on any atom is 0.220 e. The Balaban J connectivity index is 2.61. The van der Waals surface area contributed by atoms with Gasteiger partial charge in [0.1, 0.15) is 5.82 Å². The van der Waals surface area contributed by atoms with Crippen LogP contribution in [0.25, 0.3) is 0 Å². The Morgan fingerprint density at radius 2 is 2.33 bits per heavy atom. The monoisotopic (exact) mass is 264 g/mol. The van der Waals surface area contributed by atoms with Gasteiger partial charge in [0.2, 0.25) is 4.38 Å². The molecular weight excluding hydrogens is 255 g/mol. The van der Waals surface area contributed by atoms with Gasteiger partial charge in [0, 0.05) is 16.3 Å². The normalized spacial score (nSPS) is 10.1.